The van der Waals surface area contributed by atoms with Crippen LogP contribution in [0, 0.1) is 5.92 Å². The predicted octanol–water partition coefficient (Wildman–Crippen LogP) is 2.93. The average molecular weight is 499 g/mol. The van der Waals surface area contributed by atoms with E-state index < -0.39 is 10.0 Å². The highest BCUT2D eigenvalue weighted by Crippen LogP contribution is 2.18. The normalized spacial score (nSPS) is 20.6. The molecule has 1 atom stereocenters. The van der Waals surface area contributed by atoms with E-state index in [1.54, 1.807) is 0 Å². The van der Waals surface area contributed by atoms with Gasteiger partial charge in [0.25, 0.3) is 5.91 Å². The predicted molar refractivity (Wildman–Crippen MR) is 139 cm³/mol. The molecule has 0 aliphatic carbocycles. The van der Waals surface area contributed by atoms with Crippen molar-refractivity contribution in [3.05, 3.63) is 70.8 Å². The van der Waals surface area contributed by atoms with Gasteiger partial charge in [-0.1, -0.05) is 43.3 Å². The van der Waals surface area contributed by atoms with Crippen LogP contribution in [0.15, 0.2) is 48.5 Å². The lowest BCUT2D eigenvalue weighted by Gasteiger charge is -2.33. The maximum absolute atomic E-state index is 12.8. The first-order chi connectivity index (χ1) is 16.8. The van der Waals surface area contributed by atoms with Gasteiger partial charge in [-0.3, -0.25) is 14.6 Å². The summed E-state index contributed by atoms with van der Waals surface area (Å²) in [7, 11) is -3.13. The third-order valence-electron chi connectivity index (χ3n) is 7.02. The van der Waals surface area contributed by atoms with Crippen LogP contribution in [-0.2, 0) is 29.7 Å². The van der Waals surface area contributed by atoms with E-state index in [4.69, 9.17) is 0 Å². The van der Waals surface area contributed by atoms with E-state index in [0.717, 1.165) is 23.6 Å². The summed E-state index contributed by atoms with van der Waals surface area (Å²) < 4.78 is 24.9. The zero-order valence-electron chi connectivity index (χ0n) is 20.9. The third kappa shape index (κ3) is 7.61. The van der Waals surface area contributed by atoms with Gasteiger partial charge in [-0.2, -0.15) is 4.31 Å². The van der Waals surface area contributed by atoms with E-state index >= 15 is 0 Å². The van der Waals surface area contributed by atoms with Crippen LogP contribution in [-0.4, -0.2) is 74.0 Å². The lowest BCUT2D eigenvalue weighted by molar-refractivity contribution is 0.0950. The molecule has 0 radical (unpaired) electrons. The fraction of sp³-hybridized carbons (Fsp3) is 0.519. The lowest BCUT2D eigenvalue weighted by atomic mass is 9.99. The summed E-state index contributed by atoms with van der Waals surface area (Å²) in [5, 5.41) is 3.04. The molecule has 1 N–H and O–H groups in total. The van der Waals surface area contributed by atoms with Gasteiger partial charge in [0.05, 0.1) is 6.26 Å². The number of hydrogen-bond acceptors (Lipinski definition) is 5. The van der Waals surface area contributed by atoms with Crippen molar-refractivity contribution in [1.82, 2.24) is 19.4 Å². The molecule has 2 aromatic carbocycles. The summed E-state index contributed by atoms with van der Waals surface area (Å²) in [6, 6.07) is 16.2. The van der Waals surface area contributed by atoms with Crippen LogP contribution in [0.1, 0.15) is 46.8 Å². The molecule has 2 aromatic rings. The Kier molecular flexibility index (Phi) is 8.59. The molecule has 8 heteroatoms. The van der Waals surface area contributed by atoms with E-state index in [1.807, 2.05) is 24.3 Å². The summed E-state index contributed by atoms with van der Waals surface area (Å²) in [5.41, 5.74) is 4.11. The Hall–Kier alpha value is -2.26. The fourth-order valence-corrected chi connectivity index (χ4v) is 5.85. The van der Waals surface area contributed by atoms with Gasteiger partial charge in [0.2, 0.25) is 10.0 Å². The van der Waals surface area contributed by atoms with Crippen LogP contribution in [0.3, 0.4) is 0 Å². The molecular formula is C27H38N4O3S. The maximum Gasteiger partial charge on any atom is 0.251 e. The van der Waals surface area contributed by atoms with Gasteiger partial charge in [0.15, 0.2) is 0 Å². The minimum Gasteiger partial charge on any atom is -0.348 e. The fourth-order valence-electron chi connectivity index (χ4n) is 5.02. The highest BCUT2D eigenvalue weighted by Gasteiger charge is 2.23. The van der Waals surface area contributed by atoms with Crippen molar-refractivity contribution in [1.29, 1.82) is 0 Å². The minimum atomic E-state index is -3.13. The van der Waals surface area contributed by atoms with Gasteiger partial charge in [-0.05, 0) is 54.1 Å². The first-order valence-corrected chi connectivity index (χ1v) is 14.5. The molecule has 2 saturated heterocycles. The highest BCUT2D eigenvalue weighted by molar-refractivity contribution is 7.88. The highest BCUT2D eigenvalue weighted by atomic mass is 32.2. The Morgan fingerprint density at radius 1 is 0.914 bits per heavy atom. The Morgan fingerprint density at radius 2 is 1.60 bits per heavy atom. The number of piperazine rings is 1. The molecule has 2 aliphatic rings. The van der Waals surface area contributed by atoms with E-state index in [-0.39, 0.29) is 5.91 Å². The zero-order chi connectivity index (χ0) is 24.8. The van der Waals surface area contributed by atoms with Crippen LogP contribution < -0.4 is 5.32 Å². The Labute approximate surface area is 210 Å². The minimum absolute atomic E-state index is 0.0832. The van der Waals surface area contributed by atoms with Crippen molar-refractivity contribution in [2.75, 3.05) is 45.5 Å². The average Bonchev–Trinajstić information content (AvgIpc) is 2.83. The Bertz CT molecular complexity index is 1100. The van der Waals surface area contributed by atoms with Crippen molar-refractivity contribution in [3.63, 3.8) is 0 Å². The first-order valence-electron chi connectivity index (χ1n) is 12.6. The van der Waals surface area contributed by atoms with Gasteiger partial charge in [-0.15, -0.1) is 0 Å². The van der Waals surface area contributed by atoms with Gasteiger partial charge >= 0.3 is 0 Å². The van der Waals surface area contributed by atoms with E-state index in [0.29, 0.717) is 44.8 Å². The van der Waals surface area contributed by atoms with Crippen molar-refractivity contribution in [3.8, 4) is 0 Å². The van der Waals surface area contributed by atoms with Gasteiger partial charge < -0.3 is 5.32 Å². The number of sulfonamides is 1. The molecule has 2 fully saturated rings. The molecular weight excluding hydrogens is 460 g/mol. The van der Waals surface area contributed by atoms with Gasteiger partial charge in [0, 0.05) is 57.9 Å². The second kappa shape index (κ2) is 11.6. The van der Waals surface area contributed by atoms with Crippen molar-refractivity contribution in [2.24, 2.45) is 5.92 Å². The van der Waals surface area contributed by atoms with Gasteiger partial charge in [0.1, 0.15) is 0 Å². The molecule has 4 rings (SSSR count). The number of rotatable bonds is 8. The number of nitrogens with one attached hydrogen (secondary N) is 1. The first kappa shape index (κ1) is 25.8. The number of hydrogen-bond donors (Lipinski definition) is 1. The van der Waals surface area contributed by atoms with Crippen LogP contribution in [0.5, 0.6) is 0 Å². The van der Waals surface area contributed by atoms with Crippen molar-refractivity contribution >= 4 is 15.9 Å². The van der Waals surface area contributed by atoms with Crippen molar-refractivity contribution in [2.45, 2.75) is 39.4 Å². The molecule has 0 saturated carbocycles. The summed E-state index contributed by atoms with van der Waals surface area (Å²) in [6.45, 7) is 9.28. The quantitative estimate of drug-likeness (QED) is 0.606. The molecule has 35 heavy (non-hydrogen) atoms. The molecule has 1 amide bonds. The van der Waals surface area contributed by atoms with Crippen molar-refractivity contribution < 1.29 is 13.2 Å². The van der Waals surface area contributed by atoms with Crippen LogP contribution >= 0.6 is 0 Å². The topological polar surface area (TPSA) is 73.0 Å². The molecule has 2 heterocycles. The number of likely N-dealkylation sites (tertiary alicyclic amines) is 1. The Morgan fingerprint density at radius 3 is 2.29 bits per heavy atom. The molecule has 0 aromatic heterocycles. The molecule has 0 spiro atoms. The molecule has 7 nitrogen and oxygen atoms in total. The maximum atomic E-state index is 12.8. The molecule has 190 valence electrons. The van der Waals surface area contributed by atoms with Crippen LogP contribution in [0.25, 0.3) is 0 Å². The molecule has 0 bridgehead atoms. The largest absolute Gasteiger partial charge is 0.348 e. The van der Waals surface area contributed by atoms with Crippen LogP contribution in [0.4, 0.5) is 0 Å². The third-order valence-corrected chi connectivity index (χ3v) is 8.32. The number of benzene rings is 2. The number of nitrogens with zero attached hydrogens (tertiary/aromatic N) is 3. The van der Waals surface area contributed by atoms with E-state index in [1.165, 1.54) is 42.1 Å². The summed E-state index contributed by atoms with van der Waals surface area (Å²) >= 11 is 0. The number of carbonyl (C=O) groups excluding carboxylic acids is 1. The van der Waals surface area contributed by atoms with E-state index in [2.05, 4.69) is 46.3 Å². The Balaban J connectivity index is 1.25. The lowest BCUT2D eigenvalue weighted by Crippen LogP contribution is -2.47. The summed E-state index contributed by atoms with van der Waals surface area (Å²) in [5.74, 6) is 0.696. The number of amides is 1. The standard InChI is InChI=1S/C27H38N4O3S/c1-22-5-4-12-30(19-22)20-24-10-8-23(9-11-24)18-28-27(32)26-7-3-6-25(17-26)21-29-13-15-31(16-14-29)35(2,33)34/h3,6-11,17,22H,4-5,12-16,18-21H2,1-2H3,(H,28,32). The second-order valence-electron chi connectivity index (χ2n) is 10.1. The zero-order valence-corrected chi connectivity index (χ0v) is 21.8. The number of carbonyl (C=O) groups is 1. The monoisotopic (exact) mass is 498 g/mol. The SMILES string of the molecule is CC1CCCN(Cc2ccc(CNC(=O)c3cccc(CN4CCN(S(C)(=O)=O)CC4)c3)cc2)C1. The number of piperidine rings is 1. The smallest absolute Gasteiger partial charge is 0.251 e. The summed E-state index contributed by atoms with van der Waals surface area (Å²) in [6.07, 6.45) is 3.88. The molecule has 1 unspecified atom stereocenters. The van der Waals surface area contributed by atoms with Gasteiger partial charge in [-0.25, -0.2) is 8.42 Å². The van der Waals surface area contributed by atoms with E-state index in [9.17, 15) is 13.2 Å². The molecule has 2 aliphatic heterocycles. The summed E-state index contributed by atoms with van der Waals surface area (Å²) in [4.78, 5) is 17.5. The van der Waals surface area contributed by atoms with Crippen LogP contribution in [0.2, 0.25) is 0 Å². The second-order valence-corrected chi connectivity index (χ2v) is 12.1.